The first-order chi connectivity index (χ1) is 6.20. The fourth-order valence-electron chi connectivity index (χ4n) is 0.754. The van der Waals surface area contributed by atoms with Gasteiger partial charge in [0, 0.05) is 5.56 Å². The number of hydrogen-bond acceptors (Lipinski definition) is 3. The van der Waals surface area contributed by atoms with Crippen LogP contribution in [0.4, 0.5) is 0 Å². The average Bonchev–Trinajstić information content (AvgIpc) is 2.08. The van der Waals surface area contributed by atoms with Gasteiger partial charge in [0.25, 0.3) is 0 Å². The van der Waals surface area contributed by atoms with Crippen LogP contribution in [0.2, 0.25) is 0 Å². The SMILES string of the molecule is NC(N)=NN=Cc1ccccc1O. The standard InChI is InChI=1S/C8H10N4O/c9-8(10)12-11-5-6-3-1-2-4-7(6)13/h1-5,13H,(H4,9,10,12). The van der Waals surface area contributed by atoms with E-state index < -0.39 is 0 Å². The molecule has 5 N–H and O–H groups in total. The van der Waals surface area contributed by atoms with Crippen molar-refractivity contribution in [1.82, 2.24) is 0 Å². The minimum Gasteiger partial charge on any atom is -0.507 e. The Hall–Kier alpha value is -2.04. The maximum absolute atomic E-state index is 9.27. The smallest absolute Gasteiger partial charge is 0.211 e. The van der Waals surface area contributed by atoms with Crippen molar-refractivity contribution in [2.24, 2.45) is 21.7 Å². The van der Waals surface area contributed by atoms with Gasteiger partial charge >= 0.3 is 0 Å². The summed E-state index contributed by atoms with van der Waals surface area (Å²) in [6, 6.07) is 6.74. The summed E-state index contributed by atoms with van der Waals surface area (Å²) in [6.07, 6.45) is 1.37. The zero-order chi connectivity index (χ0) is 9.68. The van der Waals surface area contributed by atoms with Gasteiger partial charge in [-0.2, -0.15) is 5.10 Å². The first kappa shape index (κ1) is 9.05. The van der Waals surface area contributed by atoms with Gasteiger partial charge in [-0.05, 0) is 12.1 Å². The Balaban J connectivity index is 2.80. The van der Waals surface area contributed by atoms with E-state index in [1.54, 1.807) is 24.3 Å². The lowest BCUT2D eigenvalue weighted by molar-refractivity contribution is 0.474. The van der Waals surface area contributed by atoms with Crippen molar-refractivity contribution >= 4 is 12.2 Å². The predicted molar refractivity (Wildman–Crippen MR) is 51.5 cm³/mol. The van der Waals surface area contributed by atoms with E-state index in [9.17, 15) is 5.11 Å². The summed E-state index contributed by atoms with van der Waals surface area (Å²) in [5, 5.41) is 16.2. The van der Waals surface area contributed by atoms with E-state index in [2.05, 4.69) is 10.2 Å². The highest BCUT2D eigenvalue weighted by molar-refractivity contribution is 5.84. The van der Waals surface area contributed by atoms with Crippen molar-refractivity contribution in [3.8, 4) is 5.75 Å². The molecular weight excluding hydrogens is 168 g/mol. The summed E-state index contributed by atoms with van der Waals surface area (Å²) >= 11 is 0. The normalized spacial score (nSPS) is 10.2. The molecule has 0 spiro atoms. The van der Waals surface area contributed by atoms with Crippen LogP contribution in [0.1, 0.15) is 5.56 Å². The molecule has 1 aromatic rings. The number of nitrogens with two attached hydrogens (primary N) is 2. The summed E-state index contributed by atoms with van der Waals surface area (Å²) in [6.45, 7) is 0. The lowest BCUT2D eigenvalue weighted by atomic mass is 10.2. The van der Waals surface area contributed by atoms with Crippen molar-refractivity contribution in [2.75, 3.05) is 0 Å². The zero-order valence-electron chi connectivity index (χ0n) is 6.88. The first-order valence-electron chi connectivity index (χ1n) is 3.60. The third kappa shape index (κ3) is 2.82. The van der Waals surface area contributed by atoms with Crippen LogP contribution >= 0.6 is 0 Å². The Morgan fingerprint density at radius 3 is 2.62 bits per heavy atom. The van der Waals surface area contributed by atoms with E-state index in [4.69, 9.17) is 11.5 Å². The highest BCUT2D eigenvalue weighted by Crippen LogP contribution is 2.12. The van der Waals surface area contributed by atoms with E-state index in [0.717, 1.165) is 0 Å². The first-order valence-corrected chi connectivity index (χ1v) is 3.60. The summed E-state index contributed by atoms with van der Waals surface area (Å²) in [4.78, 5) is 0. The van der Waals surface area contributed by atoms with E-state index in [1.807, 2.05) is 0 Å². The number of phenols is 1. The van der Waals surface area contributed by atoms with Gasteiger partial charge in [0.2, 0.25) is 5.96 Å². The van der Waals surface area contributed by atoms with E-state index in [0.29, 0.717) is 5.56 Å². The van der Waals surface area contributed by atoms with Gasteiger partial charge in [-0.25, -0.2) is 0 Å². The molecule has 1 rings (SSSR count). The average molecular weight is 178 g/mol. The maximum atomic E-state index is 9.27. The molecule has 0 aliphatic heterocycles. The van der Waals surface area contributed by atoms with Crippen LogP contribution in [0.3, 0.4) is 0 Å². The molecule has 5 heteroatoms. The van der Waals surface area contributed by atoms with Gasteiger partial charge < -0.3 is 16.6 Å². The highest BCUT2D eigenvalue weighted by atomic mass is 16.3. The fourth-order valence-corrected chi connectivity index (χ4v) is 0.754. The Labute approximate surface area is 75.4 Å². The lowest BCUT2D eigenvalue weighted by Crippen LogP contribution is -2.21. The van der Waals surface area contributed by atoms with E-state index >= 15 is 0 Å². The molecule has 0 saturated heterocycles. The van der Waals surface area contributed by atoms with Crippen LogP contribution in [-0.4, -0.2) is 17.3 Å². The maximum Gasteiger partial charge on any atom is 0.211 e. The fraction of sp³-hybridized carbons (Fsp3) is 0. The van der Waals surface area contributed by atoms with Crippen molar-refractivity contribution in [3.05, 3.63) is 29.8 Å². The number of rotatable bonds is 2. The van der Waals surface area contributed by atoms with Gasteiger partial charge in [-0.1, -0.05) is 12.1 Å². The number of phenolic OH excluding ortho intramolecular Hbond substituents is 1. The summed E-state index contributed by atoms with van der Waals surface area (Å²) in [5.74, 6) is 0.0173. The second-order valence-corrected chi connectivity index (χ2v) is 2.33. The molecule has 1 aromatic carbocycles. The molecule has 5 nitrogen and oxygen atoms in total. The molecule has 0 saturated carbocycles. The van der Waals surface area contributed by atoms with E-state index in [1.165, 1.54) is 6.21 Å². The predicted octanol–water partition coefficient (Wildman–Crippen LogP) is -0.000500. The second kappa shape index (κ2) is 4.10. The van der Waals surface area contributed by atoms with Crippen LogP contribution in [0.25, 0.3) is 0 Å². The molecule has 68 valence electrons. The van der Waals surface area contributed by atoms with Crippen LogP contribution < -0.4 is 11.5 Å². The molecule has 0 aliphatic carbocycles. The van der Waals surface area contributed by atoms with E-state index in [-0.39, 0.29) is 11.7 Å². The Morgan fingerprint density at radius 2 is 2.00 bits per heavy atom. The van der Waals surface area contributed by atoms with Gasteiger partial charge in [-0.15, -0.1) is 5.10 Å². The quantitative estimate of drug-likeness (QED) is 0.338. The number of nitrogens with zero attached hydrogens (tertiary/aromatic N) is 2. The van der Waals surface area contributed by atoms with Gasteiger partial charge in [-0.3, -0.25) is 0 Å². The minimum absolute atomic E-state index is 0.119. The molecule has 0 aliphatic rings. The molecule has 13 heavy (non-hydrogen) atoms. The zero-order valence-corrected chi connectivity index (χ0v) is 6.88. The Bertz CT molecular complexity index is 342. The second-order valence-electron chi connectivity index (χ2n) is 2.33. The molecule has 0 fully saturated rings. The van der Waals surface area contributed by atoms with Crippen molar-refractivity contribution in [1.29, 1.82) is 0 Å². The van der Waals surface area contributed by atoms with Crippen LogP contribution in [0.15, 0.2) is 34.5 Å². The topological polar surface area (TPSA) is 97.0 Å². The van der Waals surface area contributed by atoms with Gasteiger partial charge in [0.1, 0.15) is 5.75 Å². The van der Waals surface area contributed by atoms with Crippen LogP contribution in [0.5, 0.6) is 5.75 Å². The van der Waals surface area contributed by atoms with Gasteiger partial charge in [0.15, 0.2) is 0 Å². The van der Waals surface area contributed by atoms with Crippen LogP contribution in [0, 0.1) is 0 Å². The Kier molecular flexibility index (Phi) is 2.86. The highest BCUT2D eigenvalue weighted by Gasteiger charge is 1.93. The number of benzene rings is 1. The van der Waals surface area contributed by atoms with Gasteiger partial charge in [0.05, 0.1) is 6.21 Å². The van der Waals surface area contributed by atoms with Crippen molar-refractivity contribution in [3.63, 3.8) is 0 Å². The molecule has 0 radical (unpaired) electrons. The largest absolute Gasteiger partial charge is 0.507 e. The molecule has 0 bridgehead atoms. The van der Waals surface area contributed by atoms with Crippen molar-refractivity contribution < 1.29 is 5.11 Å². The number of aromatic hydroxyl groups is 1. The summed E-state index contributed by atoms with van der Waals surface area (Å²) in [5.41, 5.74) is 10.7. The van der Waals surface area contributed by atoms with Crippen molar-refractivity contribution in [2.45, 2.75) is 0 Å². The third-order valence-electron chi connectivity index (χ3n) is 1.31. The third-order valence-corrected chi connectivity index (χ3v) is 1.31. The summed E-state index contributed by atoms with van der Waals surface area (Å²) in [7, 11) is 0. The number of hydrogen-bond donors (Lipinski definition) is 3. The Morgan fingerprint density at radius 1 is 1.31 bits per heavy atom. The molecule has 0 heterocycles. The number of guanidine groups is 1. The monoisotopic (exact) mass is 178 g/mol. The molecule has 0 aromatic heterocycles. The molecule has 0 unspecified atom stereocenters. The molecule has 0 amide bonds. The molecular formula is C8H10N4O. The summed E-state index contributed by atoms with van der Waals surface area (Å²) < 4.78 is 0. The minimum atomic E-state index is -0.119. The lowest BCUT2D eigenvalue weighted by Gasteiger charge is -1.94. The molecule has 0 atom stereocenters. The number of para-hydroxylation sites is 1. The van der Waals surface area contributed by atoms with Crippen LogP contribution in [-0.2, 0) is 0 Å².